The summed E-state index contributed by atoms with van der Waals surface area (Å²) in [5.41, 5.74) is 1.65. The molecule has 3 rings (SSSR count). The van der Waals surface area contributed by atoms with Crippen LogP contribution in [0.1, 0.15) is 38.3 Å². The first-order valence-corrected chi connectivity index (χ1v) is 10.6. The quantitative estimate of drug-likeness (QED) is 0.666. The molecule has 2 atom stereocenters. The number of carboxylic acid groups (broad SMARTS) is 1. The Bertz CT molecular complexity index is 910. The summed E-state index contributed by atoms with van der Waals surface area (Å²) in [6, 6.07) is 15.1. The first-order valence-electron chi connectivity index (χ1n) is 9.84. The van der Waals surface area contributed by atoms with E-state index in [-0.39, 0.29) is 13.0 Å². The predicted octanol–water partition coefficient (Wildman–Crippen LogP) is 4.88. The van der Waals surface area contributed by atoms with E-state index in [0.717, 1.165) is 16.5 Å². The van der Waals surface area contributed by atoms with Crippen molar-refractivity contribution in [2.45, 2.75) is 51.4 Å². The molecule has 0 aliphatic carbocycles. The number of halogens is 1. The fourth-order valence-electron chi connectivity index (χ4n) is 3.40. The first kappa shape index (κ1) is 22.2. The number of benzene rings is 2. The average Bonchev–Trinajstić information content (AvgIpc) is 3.08. The predicted molar refractivity (Wildman–Crippen MR) is 117 cm³/mol. The van der Waals surface area contributed by atoms with Crippen molar-refractivity contribution in [3.63, 3.8) is 0 Å². The Hall–Kier alpha value is -2.54. The SMILES string of the molecule is CC(C)(C)OC(=O)N1C[C@H](Oc2ccc(Cc3ccccc3)cc2Br)C[C@H]1C(=O)O. The molecule has 1 N–H and O–H groups in total. The van der Waals surface area contributed by atoms with Crippen molar-refractivity contribution in [1.29, 1.82) is 0 Å². The van der Waals surface area contributed by atoms with Crippen molar-refractivity contribution >= 4 is 28.0 Å². The minimum Gasteiger partial charge on any atom is -0.487 e. The second-order valence-electron chi connectivity index (χ2n) is 8.39. The van der Waals surface area contributed by atoms with Gasteiger partial charge in [0.05, 0.1) is 11.0 Å². The number of likely N-dealkylation sites (tertiary alicyclic amines) is 1. The molecule has 2 aromatic carbocycles. The third-order valence-electron chi connectivity index (χ3n) is 4.72. The summed E-state index contributed by atoms with van der Waals surface area (Å²) in [4.78, 5) is 25.3. The van der Waals surface area contributed by atoms with Crippen molar-refractivity contribution < 1.29 is 24.2 Å². The van der Waals surface area contributed by atoms with E-state index in [2.05, 4.69) is 28.1 Å². The molecule has 7 heteroatoms. The minimum atomic E-state index is -1.07. The molecule has 0 radical (unpaired) electrons. The normalized spacial score (nSPS) is 18.9. The zero-order valence-corrected chi connectivity index (χ0v) is 18.9. The number of carboxylic acids is 1. The Balaban J connectivity index is 1.68. The number of carbonyl (C=O) groups excluding carboxylic acids is 1. The van der Waals surface area contributed by atoms with Crippen LogP contribution in [0.15, 0.2) is 53.0 Å². The molecule has 1 amide bonds. The Morgan fingerprint density at radius 3 is 2.43 bits per heavy atom. The first-order chi connectivity index (χ1) is 14.1. The van der Waals surface area contributed by atoms with Crippen LogP contribution in [0.5, 0.6) is 5.75 Å². The van der Waals surface area contributed by atoms with Gasteiger partial charge in [0, 0.05) is 6.42 Å². The summed E-state index contributed by atoms with van der Waals surface area (Å²) in [5, 5.41) is 9.53. The van der Waals surface area contributed by atoms with E-state index < -0.39 is 29.8 Å². The molecule has 1 aliphatic heterocycles. The standard InChI is InChI=1S/C23H26BrNO5/c1-23(2,3)30-22(28)25-14-17(13-19(25)21(26)27)29-20-10-9-16(12-18(20)24)11-15-7-5-4-6-8-15/h4-10,12,17,19H,11,13-14H2,1-3H3,(H,26,27)/t17-,19+/m1/s1. The molecule has 1 fully saturated rings. The Morgan fingerprint density at radius 1 is 1.13 bits per heavy atom. The van der Waals surface area contributed by atoms with Crippen LogP contribution in [0.25, 0.3) is 0 Å². The fourth-order valence-corrected chi connectivity index (χ4v) is 3.92. The number of rotatable bonds is 5. The van der Waals surface area contributed by atoms with Crippen LogP contribution in [-0.4, -0.2) is 46.4 Å². The second-order valence-corrected chi connectivity index (χ2v) is 9.24. The zero-order chi connectivity index (χ0) is 21.9. The maximum atomic E-state index is 12.4. The molecule has 0 aromatic heterocycles. The third-order valence-corrected chi connectivity index (χ3v) is 5.34. The van der Waals surface area contributed by atoms with E-state index >= 15 is 0 Å². The molecule has 160 valence electrons. The number of aliphatic carboxylic acids is 1. The van der Waals surface area contributed by atoms with Crippen LogP contribution in [0, 0.1) is 0 Å². The molecular formula is C23H26BrNO5. The molecule has 2 aromatic rings. The summed E-state index contributed by atoms with van der Waals surface area (Å²) in [6.45, 7) is 5.40. The number of ether oxygens (including phenoxy) is 2. The summed E-state index contributed by atoms with van der Waals surface area (Å²) >= 11 is 3.55. The second kappa shape index (κ2) is 9.08. The van der Waals surface area contributed by atoms with Gasteiger partial charge in [-0.15, -0.1) is 0 Å². The summed E-state index contributed by atoms with van der Waals surface area (Å²) in [6.07, 6.45) is -0.0724. The highest BCUT2D eigenvalue weighted by Crippen LogP contribution is 2.31. The van der Waals surface area contributed by atoms with Gasteiger partial charge in [-0.25, -0.2) is 9.59 Å². The van der Waals surface area contributed by atoms with Gasteiger partial charge in [0.15, 0.2) is 0 Å². The Kier molecular flexibility index (Phi) is 6.71. The molecule has 0 bridgehead atoms. The molecule has 1 aliphatic rings. The van der Waals surface area contributed by atoms with E-state index in [9.17, 15) is 14.7 Å². The van der Waals surface area contributed by atoms with Gasteiger partial charge in [-0.2, -0.15) is 0 Å². The third kappa shape index (κ3) is 5.75. The van der Waals surface area contributed by atoms with Gasteiger partial charge in [0.25, 0.3) is 0 Å². The molecular weight excluding hydrogens is 450 g/mol. The molecule has 1 heterocycles. The van der Waals surface area contributed by atoms with Crippen LogP contribution in [-0.2, 0) is 16.0 Å². The highest BCUT2D eigenvalue weighted by atomic mass is 79.9. The number of amides is 1. The zero-order valence-electron chi connectivity index (χ0n) is 17.3. The average molecular weight is 476 g/mol. The van der Waals surface area contributed by atoms with Gasteiger partial charge < -0.3 is 14.6 Å². The van der Waals surface area contributed by atoms with Crippen molar-refractivity contribution in [3.05, 3.63) is 64.1 Å². The van der Waals surface area contributed by atoms with Crippen LogP contribution < -0.4 is 4.74 Å². The van der Waals surface area contributed by atoms with Crippen LogP contribution in [0.4, 0.5) is 4.79 Å². The van der Waals surface area contributed by atoms with Crippen LogP contribution >= 0.6 is 15.9 Å². The summed E-state index contributed by atoms with van der Waals surface area (Å²) in [5.74, 6) is -0.448. The molecule has 30 heavy (non-hydrogen) atoms. The number of nitrogens with zero attached hydrogens (tertiary/aromatic N) is 1. The van der Waals surface area contributed by atoms with E-state index in [1.165, 1.54) is 10.5 Å². The number of carbonyl (C=O) groups is 2. The minimum absolute atomic E-state index is 0.157. The number of hydrogen-bond acceptors (Lipinski definition) is 4. The van der Waals surface area contributed by atoms with Gasteiger partial charge in [0.2, 0.25) is 0 Å². The van der Waals surface area contributed by atoms with Crippen LogP contribution in [0.3, 0.4) is 0 Å². The molecule has 6 nitrogen and oxygen atoms in total. The van der Waals surface area contributed by atoms with Crippen molar-refractivity contribution in [3.8, 4) is 5.75 Å². The lowest BCUT2D eigenvalue weighted by Crippen LogP contribution is -2.43. The fraction of sp³-hybridized carbons (Fsp3) is 0.391. The lowest BCUT2D eigenvalue weighted by atomic mass is 10.1. The van der Waals surface area contributed by atoms with Gasteiger partial charge in [-0.1, -0.05) is 36.4 Å². The van der Waals surface area contributed by atoms with E-state index in [1.807, 2.05) is 36.4 Å². The van der Waals surface area contributed by atoms with Gasteiger partial charge in [-0.05, 0) is 66.4 Å². The van der Waals surface area contributed by atoms with E-state index in [1.54, 1.807) is 20.8 Å². The Morgan fingerprint density at radius 2 is 1.83 bits per heavy atom. The topological polar surface area (TPSA) is 76.1 Å². The van der Waals surface area contributed by atoms with Gasteiger partial charge in [0.1, 0.15) is 23.5 Å². The molecule has 1 saturated heterocycles. The lowest BCUT2D eigenvalue weighted by Gasteiger charge is -2.26. The highest BCUT2D eigenvalue weighted by molar-refractivity contribution is 9.10. The smallest absolute Gasteiger partial charge is 0.411 e. The van der Waals surface area contributed by atoms with Crippen LogP contribution in [0.2, 0.25) is 0 Å². The lowest BCUT2D eigenvalue weighted by molar-refractivity contribution is -0.142. The highest BCUT2D eigenvalue weighted by Gasteiger charge is 2.42. The largest absolute Gasteiger partial charge is 0.487 e. The van der Waals surface area contributed by atoms with E-state index in [0.29, 0.717) is 5.75 Å². The van der Waals surface area contributed by atoms with Gasteiger partial charge in [-0.3, -0.25) is 4.90 Å². The molecule has 0 saturated carbocycles. The summed E-state index contributed by atoms with van der Waals surface area (Å²) < 4.78 is 12.2. The summed E-state index contributed by atoms with van der Waals surface area (Å²) in [7, 11) is 0. The van der Waals surface area contributed by atoms with Crippen molar-refractivity contribution in [2.24, 2.45) is 0 Å². The number of hydrogen-bond donors (Lipinski definition) is 1. The monoisotopic (exact) mass is 475 g/mol. The maximum Gasteiger partial charge on any atom is 0.411 e. The van der Waals surface area contributed by atoms with Gasteiger partial charge >= 0.3 is 12.1 Å². The van der Waals surface area contributed by atoms with E-state index in [4.69, 9.17) is 9.47 Å². The van der Waals surface area contributed by atoms with Crippen molar-refractivity contribution in [2.75, 3.05) is 6.54 Å². The molecule has 0 spiro atoms. The maximum absolute atomic E-state index is 12.4. The molecule has 0 unspecified atom stereocenters. The van der Waals surface area contributed by atoms with Crippen molar-refractivity contribution in [1.82, 2.24) is 4.90 Å². The Labute approximate surface area is 184 Å².